The van der Waals surface area contributed by atoms with E-state index in [1.165, 1.54) is 0 Å². The fraction of sp³-hybridized carbons (Fsp3) is 0.286. The number of nitrogens with two attached hydrogens (primary N) is 2. The molecule has 0 spiro atoms. The lowest BCUT2D eigenvalue weighted by atomic mass is 10.1. The van der Waals surface area contributed by atoms with Crippen LogP contribution in [-0.4, -0.2) is 11.5 Å². The second-order valence-electron chi connectivity index (χ2n) is 2.38. The van der Waals surface area contributed by atoms with Crippen molar-refractivity contribution in [2.24, 2.45) is 11.5 Å². The van der Waals surface area contributed by atoms with Crippen LogP contribution in [0.4, 0.5) is 0 Å². The normalized spacial score (nSPS) is 13.0. The molecule has 0 aliphatic carbocycles. The molecule has 0 aliphatic heterocycles. The van der Waals surface area contributed by atoms with Gasteiger partial charge >= 0.3 is 0 Å². The van der Waals surface area contributed by atoms with E-state index in [0.29, 0.717) is 16.2 Å². The predicted octanol–water partition coefficient (Wildman–Crippen LogP) is 1.46. The van der Waals surface area contributed by atoms with E-state index in [1.54, 1.807) is 12.3 Å². The zero-order chi connectivity index (χ0) is 9.14. The topological polar surface area (TPSA) is 64.9 Å². The van der Waals surface area contributed by atoms with Crippen molar-refractivity contribution in [3.63, 3.8) is 0 Å². The van der Waals surface area contributed by atoms with Crippen LogP contribution in [0, 0.1) is 0 Å². The Kier molecular flexibility index (Phi) is 3.46. The second kappa shape index (κ2) is 4.18. The van der Waals surface area contributed by atoms with Crippen molar-refractivity contribution in [1.29, 1.82) is 0 Å². The van der Waals surface area contributed by atoms with Crippen LogP contribution in [-0.2, 0) is 0 Å². The molecule has 0 saturated heterocycles. The highest BCUT2D eigenvalue weighted by Gasteiger charge is 2.09. The third-order valence-electron chi connectivity index (χ3n) is 1.49. The molecule has 1 atom stereocenters. The molecule has 0 fully saturated rings. The van der Waals surface area contributed by atoms with Gasteiger partial charge < -0.3 is 11.5 Å². The summed E-state index contributed by atoms with van der Waals surface area (Å²) in [4.78, 5) is 4.00. The zero-order valence-electron chi connectivity index (χ0n) is 6.30. The smallest absolute Gasteiger partial charge is 0.110 e. The first-order valence-corrected chi connectivity index (χ1v) is 4.59. The van der Waals surface area contributed by atoms with Gasteiger partial charge in [0.25, 0.3) is 0 Å². The van der Waals surface area contributed by atoms with E-state index >= 15 is 0 Å². The Balaban J connectivity index is 3.04. The van der Waals surface area contributed by atoms with Crippen LogP contribution in [0.1, 0.15) is 11.6 Å². The number of pyridine rings is 1. The number of hydrogen-bond acceptors (Lipinski definition) is 3. The van der Waals surface area contributed by atoms with Gasteiger partial charge in [0.1, 0.15) is 4.60 Å². The maximum Gasteiger partial charge on any atom is 0.110 e. The Hall–Kier alpha value is -0.160. The summed E-state index contributed by atoms with van der Waals surface area (Å²) in [5.74, 6) is 0. The molecule has 3 nitrogen and oxygen atoms in total. The van der Waals surface area contributed by atoms with Crippen molar-refractivity contribution in [3.05, 3.63) is 27.5 Å². The molecule has 0 unspecified atom stereocenters. The highest BCUT2D eigenvalue weighted by Crippen LogP contribution is 2.22. The van der Waals surface area contributed by atoms with Gasteiger partial charge in [0.05, 0.1) is 5.02 Å². The number of halogens is 2. The average molecular weight is 251 g/mol. The van der Waals surface area contributed by atoms with E-state index in [1.807, 2.05) is 0 Å². The summed E-state index contributed by atoms with van der Waals surface area (Å²) in [5, 5.41) is 0.567. The summed E-state index contributed by atoms with van der Waals surface area (Å²) >= 11 is 9.00. The standard InChI is InChI=1S/C7H9BrClN3/c8-7-5(6(11)2-10)1-4(9)3-12-7/h1,3,6H,2,10-11H2/t6-/m0/s1. The molecule has 4 N–H and O–H groups in total. The number of aromatic nitrogens is 1. The molecule has 0 aromatic carbocycles. The van der Waals surface area contributed by atoms with Crippen molar-refractivity contribution < 1.29 is 0 Å². The van der Waals surface area contributed by atoms with E-state index in [9.17, 15) is 0 Å². The monoisotopic (exact) mass is 249 g/mol. The summed E-state index contributed by atoms with van der Waals surface area (Å²) in [6.07, 6.45) is 1.55. The Morgan fingerprint density at radius 2 is 2.33 bits per heavy atom. The van der Waals surface area contributed by atoms with Gasteiger partial charge in [-0.3, -0.25) is 0 Å². The molecule has 12 heavy (non-hydrogen) atoms. The van der Waals surface area contributed by atoms with Crippen LogP contribution in [0.25, 0.3) is 0 Å². The Bertz CT molecular complexity index is 279. The maximum absolute atomic E-state index is 5.74. The van der Waals surface area contributed by atoms with Gasteiger partial charge in [-0.25, -0.2) is 4.98 Å². The third-order valence-corrected chi connectivity index (χ3v) is 2.36. The lowest BCUT2D eigenvalue weighted by Gasteiger charge is -2.10. The van der Waals surface area contributed by atoms with E-state index in [0.717, 1.165) is 5.56 Å². The fourth-order valence-corrected chi connectivity index (χ4v) is 1.50. The molecule has 1 aromatic rings. The van der Waals surface area contributed by atoms with E-state index < -0.39 is 0 Å². The molecule has 0 aliphatic rings. The van der Waals surface area contributed by atoms with Gasteiger partial charge in [-0.15, -0.1) is 0 Å². The van der Waals surface area contributed by atoms with Crippen molar-refractivity contribution >= 4 is 27.5 Å². The van der Waals surface area contributed by atoms with Gasteiger partial charge in [-0.2, -0.15) is 0 Å². The quantitative estimate of drug-likeness (QED) is 0.781. The van der Waals surface area contributed by atoms with E-state index in [-0.39, 0.29) is 6.04 Å². The highest BCUT2D eigenvalue weighted by molar-refractivity contribution is 9.10. The summed E-state index contributed by atoms with van der Waals surface area (Å²) in [5.41, 5.74) is 12.0. The van der Waals surface area contributed by atoms with Gasteiger partial charge in [0.15, 0.2) is 0 Å². The Labute approximate surface area is 84.2 Å². The molecular formula is C7H9BrClN3. The highest BCUT2D eigenvalue weighted by atomic mass is 79.9. The lowest BCUT2D eigenvalue weighted by Crippen LogP contribution is -2.21. The van der Waals surface area contributed by atoms with Crippen LogP contribution < -0.4 is 11.5 Å². The molecule has 0 bridgehead atoms. The van der Waals surface area contributed by atoms with Crippen LogP contribution >= 0.6 is 27.5 Å². The molecule has 0 amide bonds. The molecular weight excluding hydrogens is 241 g/mol. The number of hydrogen-bond donors (Lipinski definition) is 2. The minimum atomic E-state index is -0.217. The van der Waals surface area contributed by atoms with E-state index in [2.05, 4.69) is 20.9 Å². The van der Waals surface area contributed by atoms with Crippen LogP contribution in [0.3, 0.4) is 0 Å². The van der Waals surface area contributed by atoms with Crippen molar-refractivity contribution in [2.45, 2.75) is 6.04 Å². The van der Waals surface area contributed by atoms with Gasteiger partial charge in [-0.1, -0.05) is 11.6 Å². The van der Waals surface area contributed by atoms with Gasteiger partial charge in [-0.05, 0) is 22.0 Å². The summed E-state index contributed by atoms with van der Waals surface area (Å²) in [6.45, 7) is 0.376. The maximum atomic E-state index is 5.74. The molecule has 5 heteroatoms. The first kappa shape index (κ1) is 9.92. The first-order valence-electron chi connectivity index (χ1n) is 3.41. The van der Waals surface area contributed by atoms with E-state index in [4.69, 9.17) is 23.1 Å². The minimum Gasteiger partial charge on any atom is -0.329 e. The summed E-state index contributed by atoms with van der Waals surface area (Å²) in [7, 11) is 0. The Morgan fingerprint density at radius 3 is 2.92 bits per heavy atom. The van der Waals surface area contributed by atoms with Gasteiger partial charge in [0, 0.05) is 24.3 Å². The molecule has 0 radical (unpaired) electrons. The molecule has 1 heterocycles. The number of nitrogens with zero attached hydrogens (tertiary/aromatic N) is 1. The first-order chi connectivity index (χ1) is 5.65. The third kappa shape index (κ3) is 2.17. The van der Waals surface area contributed by atoms with Crippen LogP contribution in [0.5, 0.6) is 0 Å². The van der Waals surface area contributed by atoms with Crippen LogP contribution in [0.15, 0.2) is 16.9 Å². The van der Waals surface area contributed by atoms with Crippen molar-refractivity contribution in [2.75, 3.05) is 6.54 Å². The SMILES string of the molecule is NC[C@H](N)c1cc(Cl)cnc1Br. The zero-order valence-corrected chi connectivity index (χ0v) is 8.64. The van der Waals surface area contributed by atoms with Crippen molar-refractivity contribution in [1.82, 2.24) is 4.98 Å². The van der Waals surface area contributed by atoms with Gasteiger partial charge in [0.2, 0.25) is 0 Å². The molecule has 1 rings (SSSR count). The minimum absolute atomic E-state index is 0.217. The Morgan fingerprint density at radius 1 is 1.67 bits per heavy atom. The molecule has 1 aromatic heterocycles. The lowest BCUT2D eigenvalue weighted by molar-refractivity contribution is 0.728. The largest absolute Gasteiger partial charge is 0.329 e. The van der Waals surface area contributed by atoms with Crippen LogP contribution in [0.2, 0.25) is 5.02 Å². The van der Waals surface area contributed by atoms with Crippen molar-refractivity contribution in [3.8, 4) is 0 Å². The summed E-state index contributed by atoms with van der Waals surface area (Å²) < 4.78 is 0.699. The summed E-state index contributed by atoms with van der Waals surface area (Å²) in [6, 6.07) is 1.54. The second-order valence-corrected chi connectivity index (χ2v) is 3.56. The number of rotatable bonds is 2. The molecule has 0 saturated carbocycles. The fourth-order valence-electron chi connectivity index (χ4n) is 0.825. The predicted molar refractivity (Wildman–Crippen MR) is 52.9 cm³/mol. The molecule has 66 valence electrons. The average Bonchev–Trinajstić information content (AvgIpc) is 2.08.